The van der Waals surface area contributed by atoms with Gasteiger partial charge in [0, 0.05) is 0 Å². The van der Waals surface area contributed by atoms with Crippen molar-refractivity contribution >= 4 is 43.1 Å². The van der Waals surface area contributed by atoms with Crippen molar-refractivity contribution in [2.24, 2.45) is 10.5 Å². The van der Waals surface area contributed by atoms with Crippen molar-refractivity contribution in [3.05, 3.63) is 91.0 Å². The fraction of sp³-hybridized carbons (Fsp3) is 0.174. The molecule has 0 bridgehead atoms. The summed E-state index contributed by atoms with van der Waals surface area (Å²) in [6.45, 7) is 6.44. The molecule has 27 heavy (non-hydrogen) atoms. The van der Waals surface area contributed by atoms with Crippen LogP contribution in [0.3, 0.4) is 0 Å². The van der Waals surface area contributed by atoms with Crippen molar-refractivity contribution in [2.45, 2.75) is 20.8 Å². The molecule has 3 aromatic carbocycles. The average molecular weight is 441 g/mol. The van der Waals surface area contributed by atoms with Crippen molar-refractivity contribution in [1.82, 2.24) is 5.20 Å². The van der Waals surface area contributed by atoms with E-state index in [2.05, 4.69) is 114 Å². The molecule has 1 N–H and O–H groups in total. The minimum absolute atomic E-state index is 0.0147. The summed E-state index contributed by atoms with van der Waals surface area (Å²) in [7, 11) is 0. The van der Waals surface area contributed by atoms with Gasteiger partial charge in [-0.15, -0.1) is 0 Å². The number of hydrogen-bond acceptors (Lipinski definition) is 2. The van der Waals surface area contributed by atoms with E-state index in [0.29, 0.717) is 0 Å². The molecule has 0 amide bonds. The summed E-state index contributed by atoms with van der Waals surface area (Å²) in [6.07, 6.45) is 1.98. The van der Waals surface area contributed by atoms with E-state index < -0.39 is 5.46 Å². The Morgan fingerprint density at radius 1 is 0.704 bits per heavy atom. The summed E-state index contributed by atoms with van der Waals surface area (Å²) in [5, 5.41) is 11.9. The first-order valence-corrected chi connectivity index (χ1v) is 13.3. The topological polar surface area (TPSA) is 24.4 Å². The summed E-state index contributed by atoms with van der Waals surface area (Å²) >= 11 is 4.29. The van der Waals surface area contributed by atoms with Crippen LogP contribution in [0.25, 0.3) is 0 Å². The molecule has 0 aromatic heterocycles. The second-order valence-corrected chi connectivity index (χ2v) is 15.8. The Kier molecular flexibility index (Phi) is 5.55. The third-order valence-electron chi connectivity index (χ3n) is 4.42. The predicted octanol–water partition coefficient (Wildman–Crippen LogP) is 5.36. The van der Waals surface area contributed by atoms with Crippen LogP contribution in [0.4, 0.5) is 0 Å². The Bertz CT molecular complexity index is 804. The molecule has 140 valence electrons. The standard InChI is InChI=1S/C23H26BrN2P/c1-23(2,3)19-25-26-27(24,20-13-7-4-8-14-20,21-15-9-5-10-16-21)22-17-11-6-12-18-22/h4-19,26H,1-3H3/b25-19+. The summed E-state index contributed by atoms with van der Waals surface area (Å²) in [5.41, 5.74) is -3.19. The molecule has 3 rings (SSSR count). The van der Waals surface area contributed by atoms with Crippen molar-refractivity contribution in [2.75, 3.05) is 0 Å². The van der Waals surface area contributed by atoms with Gasteiger partial charge in [-0.3, -0.25) is 0 Å². The molecule has 0 saturated carbocycles. The number of halogens is 1. The average Bonchev–Trinajstić information content (AvgIpc) is 2.69. The van der Waals surface area contributed by atoms with Gasteiger partial charge in [-0.2, -0.15) is 0 Å². The number of nitrogens with one attached hydrogen (secondary N) is 1. The molecule has 0 aliphatic carbocycles. The SMILES string of the molecule is CC(C)(C)/C=N/NP(Br)(c1ccccc1)(c1ccccc1)c1ccccc1. The molecule has 0 atom stereocenters. The van der Waals surface area contributed by atoms with E-state index in [0.717, 1.165) is 0 Å². The Hall–Kier alpha value is -1.96. The van der Waals surface area contributed by atoms with Gasteiger partial charge in [0.05, 0.1) is 0 Å². The maximum atomic E-state index is 4.75. The van der Waals surface area contributed by atoms with Crippen LogP contribution in [-0.2, 0) is 0 Å². The van der Waals surface area contributed by atoms with Crippen LogP contribution in [-0.4, -0.2) is 6.21 Å². The summed E-state index contributed by atoms with van der Waals surface area (Å²) < 4.78 is 0. The predicted molar refractivity (Wildman–Crippen MR) is 125 cm³/mol. The van der Waals surface area contributed by atoms with Gasteiger partial charge in [0.2, 0.25) is 0 Å². The van der Waals surface area contributed by atoms with Gasteiger partial charge in [0.25, 0.3) is 0 Å². The van der Waals surface area contributed by atoms with E-state index in [1.807, 2.05) is 24.4 Å². The fourth-order valence-electron chi connectivity index (χ4n) is 3.08. The monoisotopic (exact) mass is 440 g/mol. The van der Waals surface area contributed by atoms with Crippen LogP contribution >= 0.6 is 20.9 Å². The van der Waals surface area contributed by atoms with E-state index in [1.165, 1.54) is 15.9 Å². The molecular formula is C23H26BrN2P. The summed E-state index contributed by atoms with van der Waals surface area (Å²) in [6, 6.07) is 31.7. The fourth-order valence-corrected chi connectivity index (χ4v) is 9.19. The molecule has 0 radical (unpaired) electrons. The first kappa shape index (κ1) is 19.8. The van der Waals surface area contributed by atoms with Gasteiger partial charge >= 0.3 is 171 Å². The van der Waals surface area contributed by atoms with E-state index in [4.69, 9.17) is 5.10 Å². The normalized spacial score (nSPS) is 13.9. The summed E-state index contributed by atoms with van der Waals surface area (Å²) in [4.78, 5) is 0. The zero-order valence-electron chi connectivity index (χ0n) is 16.0. The first-order chi connectivity index (χ1) is 12.8. The van der Waals surface area contributed by atoms with Crippen LogP contribution in [0, 0.1) is 5.41 Å². The van der Waals surface area contributed by atoms with E-state index in [-0.39, 0.29) is 5.41 Å². The molecule has 0 aliphatic rings. The van der Waals surface area contributed by atoms with Crippen LogP contribution in [0.2, 0.25) is 0 Å². The molecule has 0 aliphatic heterocycles. The molecule has 0 fully saturated rings. The number of hydrogen-bond donors (Lipinski definition) is 1. The van der Waals surface area contributed by atoms with Gasteiger partial charge in [-0.25, -0.2) is 0 Å². The Morgan fingerprint density at radius 2 is 1.04 bits per heavy atom. The zero-order valence-corrected chi connectivity index (χ0v) is 18.5. The van der Waals surface area contributed by atoms with Gasteiger partial charge in [-0.1, -0.05) is 0 Å². The molecule has 2 nitrogen and oxygen atoms in total. The van der Waals surface area contributed by atoms with Gasteiger partial charge in [0.1, 0.15) is 0 Å². The van der Waals surface area contributed by atoms with E-state index in [9.17, 15) is 0 Å². The molecular weight excluding hydrogens is 415 g/mol. The number of rotatable bonds is 5. The molecule has 4 heteroatoms. The number of nitrogens with zero attached hydrogens (tertiary/aromatic N) is 1. The van der Waals surface area contributed by atoms with Crippen molar-refractivity contribution < 1.29 is 0 Å². The zero-order chi connectivity index (χ0) is 19.4. The Balaban J connectivity index is 2.34. The molecule has 0 heterocycles. The third-order valence-corrected chi connectivity index (χ3v) is 12.9. The Morgan fingerprint density at radius 3 is 1.33 bits per heavy atom. The Labute approximate surface area is 170 Å². The van der Waals surface area contributed by atoms with Gasteiger partial charge < -0.3 is 0 Å². The second-order valence-electron chi connectivity index (χ2n) is 7.74. The maximum absolute atomic E-state index is 4.75. The third kappa shape index (κ3) is 3.85. The van der Waals surface area contributed by atoms with Crippen LogP contribution < -0.4 is 21.1 Å². The number of benzene rings is 3. The van der Waals surface area contributed by atoms with Crippen molar-refractivity contribution in [1.29, 1.82) is 0 Å². The quantitative estimate of drug-likeness (QED) is 0.322. The van der Waals surface area contributed by atoms with E-state index >= 15 is 0 Å². The molecule has 0 unspecified atom stereocenters. The van der Waals surface area contributed by atoms with Crippen LogP contribution in [0.5, 0.6) is 0 Å². The van der Waals surface area contributed by atoms with Gasteiger partial charge in [-0.05, 0) is 0 Å². The minimum atomic E-state index is -3.17. The van der Waals surface area contributed by atoms with Crippen molar-refractivity contribution in [3.63, 3.8) is 0 Å². The van der Waals surface area contributed by atoms with Crippen LogP contribution in [0.15, 0.2) is 96.1 Å². The first-order valence-electron chi connectivity index (χ1n) is 9.07. The molecule has 0 saturated heterocycles. The number of hydrazone groups is 1. The molecule has 0 spiro atoms. The van der Waals surface area contributed by atoms with E-state index in [1.54, 1.807) is 0 Å². The van der Waals surface area contributed by atoms with Crippen LogP contribution in [0.1, 0.15) is 20.8 Å². The second kappa shape index (κ2) is 7.58. The van der Waals surface area contributed by atoms with Crippen molar-refractivity contribution in [3.8, 4) is 0 Å². The summed E-state index contributed by atoms with van der Waals surface area (Å²) in [5.74, 6) is 0. The van der Waals surface area contributed by atoms with Gasteiger partial charge in [0.15, 0.2) is 0 Å². The molecule has 3 aromatic rings.